The van der Waals surface area contributed by atoms with Crippen molar-refractivity contribution in [1.29, 1.82) is 0 Å². The van der Waals surface area contributed by atoms with Crippen molar-refractivity contribution < 1.29 is 4.74 Å². The number of rotatable bonds is 2. The first kappa shape index (κ1) is 9.09. The van der Waals surface area contributed by atoms with E-state index in [2.05, 4.69) is 21.9 Å². The van der Waals surface area contributed by atoms with Crippen molar-refractivity contribution in [3.63, 3.8) is 0 Å². The molecule has 0 spiro atoms. The van der Waals surface area contributed by atoms with Gasteiger partial charge in [-0.15, -0.1) is 6.42 Å². The van der Waals surface area contributed by atoms with Gasteiger partial charge in [-0.25, -0.2) is 0 Å². The molecule has 1 fully saturated rings. The number of alkyl halides is 1. The molecule has 0 heterocycles. The maximum atomic E-state index is 5.46. The minimum Gasteiger partial charge on any atom is -0.364 e. The van der Waals surface area contributed by atoms with Crippen LogP contribution in [0.15, 0.2) is 0 Å². The lowest BCUT2D eigenvalue weighted by molar-refractivity contribution is 0.0563. The maximum absolute atomic E-state index is 5.46. The van der Waals surface area contributed by atoms with Gasteiger partial charge in [0.2, 0.25) is 0 Å². The molecule has 62 valence electrons. The first-order valence-corrected chi connectivity index (χ1v) is 4.95. The lowest BCUT2D eigenvalue weighted by Gasteiger charge is -2.26. The van der Waals surface area contributed by atoms with Crippen molar-refractivity contribution in [2.45, 2.75) is 36.6 Å². The van der Waals surface area contributed by atoms with E-state index >= 15 is 0 Å². The summed E-state index contributed by atoms with van der Waals surface area (Å²) in [5.41, 5.74) is 0. The van der Waals surface area contributed by atoms with Crippen LogP contribution in [0.3, 0.4) is 0 Å². The Balaban J connectivity index is 2.25. The van der Waals surface area contributed by atoms with Gasteiger partial charge in [0.05, 0.1) is 6.10 Å². The lowest BCUT2D eigenvalue weighted by atomic mass is 9.98. The van der Waals surface area contributed by atoms with E-state index in [4.69, 9.17) is 11.2 Å². The molecule has 2 atom stereocenters. The zero-order valence-electron chi connectivity index (χ0n) is 6.55. The van der Waals surface area contributed by atoms with Crippen molar-refractivity contribution in [1.82, 2.24) is 0 Å². The predicted octanol–water partition coefficient (Wildman–Crippen LogP) is 2.34. The molecular formula is C9H13BrO. The van der Waals surface area contributed by atoms with Crippen molar-refractivity contribution in [3.8, 4) is 12.3 Å². The van der Waals surface area contributed by atoms with Crippen LogP contribution in [-0.4, -0.2) is 17.5 Å². The van der Waals surface area contributed by atoms with E-state index in [1.165, 1.54) is 19.3 Å². The van der Waals surface area contributed by atoms with Gasteiger partial charge in [-0.3, -0.25) is 0 Å². The molecule has 0 bridgehead atoms. The van der Waals surface area contributed by atoms with Crippen LogP contribution in [-0.2, 0) is 4.74 Å². The summed E-state index contributed by atoms with van der Waals surface area (Å²) in [5, 5.41) is 0. The Morgan fingerprint density at radius 3 is 2.82 bits per heavy atom. The predicted molar refractivity (Wildman–Crippen MR) is 49.8 cm³/mol. The average Bonchev–Trinajstić information content (AvgIpc) is 2.03. The van der Waals surface area contributed by atoms with Crippen LogP contribution in [0.4, 0.5) is 0 Å². The number of terminal acetylenes is 1. The van der Waals surface area contributed by atoms with Gasteiger partial charge in [0.25, 0.3) is 0 Å². The van der Waals surface area contributed by atoms with Crippen LogP contribution < -0.4 is 0 Å². The van der Waals surface area contributed by atoms with Crippen molar-refractivity contribution in [3.05, 3.63) is 0 Å². The van der Waals surface area contributed by atoms with E-state index in [-0.39, 0.29) is 0 Å². The summed E-state index contributed by atoms with van der Waals surface area (Å²) in [7, 11) is 0. The molecule has 0 saturated heterocycles. The smallest absolute Gasteiger partial charge is 0.107 e. The summed E-state index contributed by atoms with van der Waals surface area (Å²) in [6.45, 7) is 0.451. The zero-order chi connectivity index (χ0) is 8.10. The molecule has 1 saturated carbocycles. The molecule has 0 aromatic heterocycles. The highest BCUT2D eigenvalue weighted by atomic mass is 79.9. The molecular weight excluding hydrogens is 204 g/mol. The van der Waals surface area contributed by atoms with E-state index in [0.29, 0.717) is 17.5 Å². The fraction of sp³-hybridized carbons (Fsp3) is 0.778. The third-order valence-corrected chi connectivity index (χ3v) is 3.05. The largest absolute Gasteiger partial charge is 0.364 e. The summed E-state index contributed by atoms with van der Waals surface area (Å²) >= 11 is 3.59. The number of ether oxygens (including phenoxy) is 1. The third kappa shape index (κ3) is 2.84. The SMILES string of the molecule is C#CCO[C@@H]1CCCC[C@H]1Br. The van der Waals surface area contributed by atoms with Crippen LogP contribution in [0.2, 0.25) is 0 Å². The normalized spacial score (nSPS) is 31.3. The van der Waals surface area contributed by atoms with Gasteiger partial charge in [0.15, 0.2) is 0 Å². The molecule has 1 aliphatic rings. The summed E-state index contributed by atoms with van der Waals surface area (Å²) < 4.78 is 5.46. The molecule has 0 unspecified atom stereocenters. The third-order valence-electron chi connectivity index (χ3n) is 2.00. The molecule has 0 amide bonds. The first-order valence-electron chi connectivity index (χ1n) is 4.03. The van der Waals surface area contributed by atoms with Gasteiger partial charge in [-0.05, 0) is 12.8 Å². The average molecular weight is 217 g/mol. The van der Waals surface area contributed by atoms with Gasteiger partial charge in [0, 0.05) is 4.83 Å². The fourth-order valence-corrected chi connectivity index (χ4v) is 2.14. The fourth-order valence-electron chi connectivity index (χ4n) is 1.39. The molecule has 0 aliphatic heterocycles. The minimum atomic E-state index is 0.347. The van der Waals surface area contributed by atoms with Crippen LogP contribution in [0.1, 0.15) is 25.7 Å². The molecule has 1 nitrogen and oxygen atoms in total. The number of hydrogen-bond donors (Lipinski definition) is 0. The highest BCUT2D eigenvalue weighted by molar-refractivity contribution is 9.09. The molecule has 11 heavy (non-hydrogen) atoms. The Hall–Kier alpha value is 0. The monoisotopic (exact) mass is 216 g/mol. The quantitative estimate of drug-likeness (QED) is 0.509. The number of halogens is 1. The van der Waals surface area contributed by atoms with E-state index in [1.54, 1.807) is 0 Å². The van der Waals surface area contributed by atoms with Crippen LogP contribution in [0.25, 0.3) is 0 Å². The van der Waals surface area contributed by atoms with E-state index < -0.39 is 0 Å². The highest BCUT2D eigenvalue weighted by Gasteiger charge is 2.22. The van der Waals surface area contributed by atoms with Gasteiger partial charge >= 0.3 is 0 Å². The summed E-state index contributed by atoms with van der Waals surface area (Å²) in [6.07, 6.45) is 10.4. The lowest BCUT2D eigenvalue weighted by Crippen LogP contribution is -2.27. The second-order valence-electron chi connectivity index (χ2n) is 2.85. The molecule has 0 radical (unpaired) electrons. The van der Waals surface area contributed by atoms with Crippen LogP contribution in [0.5, 0.6) is 0 Å². The van der Waals surface area contributed by atoms with Gasteiger partial charge in [-0.2, -0.15) is 0 Å². The van der Waals surface area contributed by atoms with E-state index in [9.17, 15) is 0 Å². The zero-order valence-corrected chi connectivity index (χ0v) is 8.14. The summed E-state index contributed by atoms with van der Waals surface area (Å²) in [6, 6.07) is 0. The Kier molecular flexibility index (Phi) is 3.96. The van der Waals surface area contributed by atoms with Crippen molar-refractivity contribution in [2.24, 2.45) is 0 Å². The van der Waals surface area contributed by atoms with E-state index in [0.717, 1.165) is 6.42 Å². The maximum Gasteiger partial charge on any atom is 0.107 e. The molecule has 1 aliphatic carbocycles. The number of hydrogen-bond acceptors (Lipinski definition) is 1. The highest BCUT2D eigenvalue weighted by Crippen LogP contribution is 2.26. The Labute approximate surface area is 76.6 Å². The Morgan fingerprint density at radius 2 is 2.18 bits per heavy atom. The summed E-state index contributed by atoms with van der Waals surface area (Å²) in [4.78, 5) is 0.518. The van der Waals surface area contributed by atoms with Gasteiger partial charge in [-0.1, -0.05) is 34.7 Å². The molecule has 2 heteroatoms. The van der Waals surface area contributed by atoms with Crippen molar-refractivity contribution >= 4 is 15.9 Å². The second-order valence-corrected chi connectivity index (χ2v) is 4.03. The summed E-state index contributed by atoms with van der Waals surface area (Å²) in [5.74, 6) is 2.49. The topological polar surface area (TPSA) is 9.23 Å². The Bertz CT molecular complexity index is 150. The van der Waals surface area contributed by atoms with Gasteiger partial charge in [0.1, 0.15) is 6.61 Å². The molecule has 0 aromatic rings. The molecule has 1 rings (SSSR count). The standard InChI is InChI=1S/C9H13BrO/c1-2-7-11-9-6-4-3-5-8(9)10/h1,8-9H,3-7H2/t8-,9-/m1/s1. The molecule has 0 N–H and O–H groups in total. The van der Waals surface area contributed by atoms with Crippen LogP contribution >= 0.6 is 15.9 Å². The minimum absolute atomic E-state index is 0.347. The van der Waals surface area contributed by atoms with Crippen molar-refractivity contribution in [2.75, 3.05) is 6.61 Å². The van der Waals surface area contributed by atoms with Crippen LogP contribution in [0, 0.1) is 12.3 Å². The Morgan fingerprint density at radius 1 is 1.45 bits per heavy atom. The molecule has 0 aromatic carbocycles. The first-order chi connectivity index (χ1) is 5.34. The van der Waals surface area contributed by atoms with E-state index in [1.807, 2.05) is 0 Å². The second kappa shape index (κ2) is 4.79. The van der Waals surface area contributed by atoms with Gasteiger partial charge < -0.3 is 4.74 Å².